The van der Waals surface area contributed by atoms with Crippen LogP contribution >= 0.6 is 0 Å². The molecule has 0 fully saturated rings. The van der Waals surface area contributed by atoms with E-state index in [9.17, 15) is 0 Å². The first-order chi connectivity index (χ1) is 10.5. The van der Waals surface area contributed by atoms with Crippen LogP contribution in [0.2, 0.25) is 5.04 Å². The van der Waals surface area contributed by atoms with Gasteiger partial charge in [0.25, 0.3) is 0 Å². The highest BCUT2D eigenvalue weighted by Gasteiger charge is 2.10. The molecule has 0 N–H and O–H groups in total. The van der Waals surface area contributed by atoms with Crippen LogP contribution in [0, 0.1) is 0 Å². The van der Waals surface area contributed by atoms with Gasteiger partial charge in [0.1, 0.15) is 0 Å². The maximum Gasteiger partial charge on any atom is 0.166 e. The molecule has 120 valence electrons. The lowest BCUT2D eigenvalue weighted by molar-refractivity contribution is 0.312. The van der Waals surface area contributed by atoms with Gasteiger partial charge in [-0.05, 0) is 22.6 Å². The van der Waals surface area contributed by atoms with Gasteiger partial charge in [0.15, 0.2) is 9.76 Å². The summed E-state index contributed by atoms with van der Waals surface area (Å²) in [7, 11) is -0.271. The zero-order valence-electron chi connectivity index (χ0n) is 14.5. The Morgan fingerprint density at radius 1 is 0.818 bits per heavy atom. The zero-order chi connectivity index (χ0) is 16.3. The Morgan fingerprint density at radius 2 is 1.27 bits per heavy atom. The quantitative estimate of drug-likeness (QED) is 0.526. The summed E-state index contributed by atoms with van der Waals surface area (Å²) in [5.74, 6) is 0. The second-order valence-corrected chi connectivity index (χ2v) is 9.52. The molecule has 0 spiro atoms. The molecule has 0 saturated carbocycles. The van der Waals surface area contributed by atoms with Crippen molar-refractivity contribution in [1.82, 2.24) is 0 Å². The molecule has 0 atom stereocenters. The highest BCUT2D eigenvalue weighted by Crippen LogP contribution is 2.20. The fourth-order valence-corrected chi connectivity index (χ4v) is 2.85. The molecule has 0 amide bonds. The average molecular weight is 315 g/mol. The first kappa shape index (κ1) is 18.7. The predicted molar refractivity (Wildman–Crippen MR) is 101 cm³/mol. The van der Waals surface area contributed by atoms with Crippen LogP contribution < -0.4 is 0 Å². The molecule has 2 heteroatoms. The second kappa shape index (κ2) is 10.4. The van der Waals surface area contributed by atoms with Crippen LogP contribution in [0.25, 0.3) is 11.1 Å². The van der Waals surface area contributed by atoms with Crippen molar-refractivity contribution in [3.05, 3.63) is 60.7 Å². The van der Waals surface area contributed by atoms with Crippen LogP contribution in [0.1, 0.15) is 40.5 Å². The van der Waals surface area contributed by atoms with Gasteiger partial charge < -0.3 is 4.43 Å². The third kappa shape index (κ3) is 8.80. The molecular weight excluding hydrogens is 284 g/mol. The van der Waals surface area contributed by atoms with E-state index in [4.69, 9.17) is 4.43 Å². The molecule has 1 nitrogen and oxygen atoms in total. The monoisotopic (exact) mass is 314 g/mol. The third-order valence-corrected chi connectivity index (χ3v) is 4.42. The summed E-state index contributed by atoms with van der Waals surface area (Å²) in [6, 6.07) is 20.8. The normalized spacial score (nSPS) is 11.3. The molecule has 0 saturated heterocycles. The van der Waals surface area contributed by atoms with E-state index in [-0.39, 0.29) is 9.76 Å². The van der Waals surface area contributed by atoms with Gasteiger partial charge >= 0.3 is 0 Å². The van der Waals surface area contributed by atoms with Crippen molar-refractivity contribution < 1.29 is 4.43 Å². The standard InChI is InChI=1S/C12H10.C8H20OSi/c1-3-7-11(8-4-1)12-9-5-2-6-10-12;1-5-6-7-9-10-8(2,3)4/h1-10H;5-7,10H2,1-4H3. The van der Waals surface area contributed by atoms with Gasteiger partial charge in [-0.3, -0.25) is 0 Å². The van der Waals surface area contributed by atoms with Crippen molar-refractivity contribution in [3.63, 3.8) is 0 Å². The number of rotatable bonds is 5. The smallest absolute Gasteiger partial charge is 0.166 e. The minimum atomic E-state index is -0.271. The highest BCUT2D eigenvalue weighted by molar-refractivity contribution is 6.31. The van der Waals surface area contributed by atoms with Gasteiger partial charge in [-0.1, -0.05) is 94.8 Å². The number of benzene rings is 2. The van der Waals surface area contributed by atoms with Crippen LogP contribution in [-0.4, -0.2) is 16.4 Å². The first-order valence-corrected chi connectivity index (χ1v) is 9.49. The van der Waals surface area contributed by atoms with Crippen LogP contribution in [-0.2, 0) is 4.43 Å². The number of hydrogen-bond donors (Lipinski definition) is 0. The van der Waals surface area contributed by atoms with Crippen molar-refractivity contribution in [2.45, 2.75) is 45.6 Å². The van der Waals surface area contributed by atoms with E-state index >= 15 is 0 Å². The highest BCUT2D eigenvalue weighted by atomic mass is 28.2. The molecule has 0 aromatic heterocycles. The van der Waals surface area contributed by atoms with E-state index in [1.165, 1.54) is 24.0 Å². The van der Waals surface area contributed by atoms with Crippen molar-refractivity contribution in [2.24, 2.45) is 0 Å². The molecule has 0 aliphatic rings. The maximum absolute atomic E-state index is 5.58. The summed E-state index contributed by atoms with van der Waals surface area (Å²) >= 11 is 0. The Balaban J connectivity index is 0.000000225. The van der Waals surface area contributed by atoms with Crippen LogP contribution in [0.15, 0.2) is 60.7 Å². The summed E-state index contributed by atoms with van der Waals surface area (Å²) in [5.41, 5.74) is 2.55. The second-order valence-electron chi connectivity index (χ2n) is 6.70. The first-order valence-electron chi connectivity index (χ1n) is 8.21. The Bertz CT molecular complexity index is 451. The lowest BCUT2D eigenvalue weighted by Gasteiger charge is -2.16. The van der Waals surface area contributed by atoms with Crippen molar-refractivity contribution in [1.29, 1.82) is 0 Å². The van der Waals surface area contributed by atoms with Crippen LogP contribution in [0.4, 0.5) is 0 Å². The Morgan fingerprint density at radius 3 is 1.64 bits per heavy atom. The van der Waals surface area contributed by atoms with Crippen LogP contribution in [0.3, 0.4) is 0 Å². The molecule has 0 aliphatic carbocycles. The van der Waals surface area contributed by atoms with E-state index in [0.29, 0.717) is 5.04 Å². The molecule has 2 aromatic rings. The van der Waals surface area contributed by atoms with E-state index in [1.54, 1.807) is 0 Å². The van der Waals surface area contributed by atoms with Crippen molar-refractivity contribution in [2.75, 3.05) is 6.61 Å². The fourth-order valence-electron chi connectivity index (χ4n) is 1.89. The molecule has 0 radical (unpaired) electrons. The summed E-state index contributed by atoms with van der Waals surface area (Å²) in [6.45, 7) is 9.95. The Hall–Kier alpha value is -1.38. The SMILES string of the molecule is CCCCO[SiH2]C(C)(C)C.c1ccc(-c2ccccc2)cc1. The van der Waals surface area contributed by atoms with Gasteiger partial charge in [0, 0.05) is 6.61 Å². The van der Waals surface area contributed by atoms with Crippen LogP contribution in [0.5, 0.6) is 0 Å². The molecule has 22 heavy (non-hydrogen) atoms. The van der Waals surface area contributed by atoms with E-state index in [1.807, 2.05) is 12.1 Å². The fraction of sp³-hybridized carbons (Fsp3) is 0.400. The van der Waals surface area contributed by atoms with E-state index in [2.05, 4.69) is 76.2 Å². The minimum absolute atomic E-state index is 0.271. The molecule has 0 bridgehead atoms. The zero-order valence-corrected chi connectivity index (χ0v) is 15.9. The third-order valence-electron chi connectivity index (χ3n) is 3.06. The topological polar surface area (TPSA) is 9.23 Å². The minimum Gasteiger partial charge on any atom is -0.423 e. The van der Waals surface area contributed by atoms with Gasteiger partial charge in [-0.25, -0.2) is 0 Å². The average Bonchev–Trinajstić information content (AvgIpc) is 2.53. The number of hydrogen-bond acceptors (Lipinski definition) is 1. The Labute approximate surface area is 138 Å². The lowest BCUT2D eigenvalue weighted by atomic mass is 10.1. The maximum atomic E-state index is 5.58. The molecule has 0 heterocycles. The Kier molecular flexibility index (Phi) is 8.79. The van der Waals surface area contributed by atoms with Crippen molar-refractivity contribution >= 4 is 9.76 Å². The summed E-state index contributed by atoms with van der Waals surface area (Å²) in [4.78, 5) is 0. The lowest BCUT2D eigenvalue weighted by Crippen LogP contribution is -2.12. The van der Waals surface area contributed by atoms with E-state index < -0.39 is 0 Å². The molecule has 0 unspecified atom stereocenters. The summed E-state index contributed by atoms with van der Waals surface area (Å²) in [5, 5.41) is 0.466. The van der Waals surface area contributed by atoms with Gasteiger partial charge in [0.2, 0.25) is 0 Å². The summed E-state index contributed by atoms with van der Waals surface area (Å²) < 4.78 is 5.58. The van der Waals surface area contributed by atoms with Gasteiger partial charge in [0.05, 0.1) is 0 Å². The molecule has 0 aliphatic heterocycles. The molecular formula is C20H30OSi. The number of unbranched alkanes of at least 4 members (excludes halogenated alkanes) is 1. The largest absolute Gasteiger partial charge is 0.423 e. The van der Waals surface area contributed by atoms with Crippen molar-refractivity contribution in [3.8, 4) is 11.1 Å². The van der Waals surface area contributed by atoms with Gasteiger partial charge in [-0.15, -0.1) is 0 Å². The van der Waals surface area contributed by atoms with E-state index in [0.717, 1.165) is 6.61 Å². The molecule has 2 rings (SSSR count). The summed E-state index contributed by atoms with van der Waals surface area (Å²) in [6.07, 6.45) is 2.47. The predicted octanol–water partition coefficient (Wildman–Crippen LogP) is 5.46. The van der Waals surface area contributed by atoms with Gasteiger partial charge in [-0.2, -0.15) is 0 Å². The molecule has 2 aromatic carbocycles.